The van der Waals surface area contributed by atoms with Gasteiger partial charge in [-0.15, -0.1) is 6.42 Å². The van der Waals surface area contributed by atoms with Crippen LogP contribution in [-0.2, 0) is 19.1 Å². The summed E-state index contributed by atoms with van der Waals surface area (Å²) in [5.74, 6) is 1.52. The van der Waals surface area contributed by atoms with Crippen LogP contribution in [0.4, 0.5) is 4.79 Å². The van der Waals surface area contributed by atoms with E-state index < -0.39 is 23.5 Å². The molecule has 2 aliphatic heterocycles. The number of nitrogens with zero attached hydrogens (tertiary/aromatic N) is 2. The van der Waals surface area contributed by atoms with Crippen LogP contribution in [0.2, 0.25) is 0 Å². The van der Waals surface area contributed by atoms with E-state index in [2.05, 4.69) is 11.2 Å². The first-order valence-electron chi connectivity index (χ1n) is 13.8. The van der Waals surface area contributed by atoms with Gasteiger partial charge in [0.25, 0.3) is 5.91 Å². The lowest BCUT2D eigenvalue weighted by Crippen LogP contribution is -2.47. The van der Waals surface area contributed by atoms with Gasteiger partial charge in [-0.3, -0.25) is 14.4 Å². The van der Waals surface area contributed by atoms with E-state index in [1.54, 1.807) is 16.7 Å². The topological polar surface area (TPSA) is 105 Å². The van der Waals surface area contributed by atoms with Gasteiger partial charge in [-0.05, 0) is 77.0 Å². The van der Waals surface area contributed by atoms with E-state index in [4.69, 9.17) is 15.9 Å². The van der Waals surface area contributed by atoms with Gasteiger partial charge in [0.2, 0.25) is 5.91 Å². The van der Waals surface area contributed by atoms with E-state index in [0.717, 1.165) is 18.4 Å². The van der Waals surface area contributed by atoms with Crippen molar-refractivity contribution in [3.63, 3.8) is 0 Å². The standard InChI is InChI=1S/C30H41N3O6/c1-6-25(19-26(34)38-7-2)31-27(35)24-9-8-16-33(20-24)28(36)23-12-10-21(11-13-23)22-14-17-32(18-15-22)29(37)39-30(3,4)5/h1,10-13,22,24-25H,7-9,14-20H2,2-5H3,(H,31,35)/t24-,25-/m1/s1. The van der Waals surface area contributed by atoms with Crippen LogP contribution in [0.25, 0.3) is 0 Å². The molecule has 2 aliphatic rings. The molecule has 3 amide bonds. The summed E-state index contributed by atoms with van der Waals surface area (Å²) in [4.78, 5) is 53.6. The molecule has 9 heteroatoms. The Hall–Kier alpha value is -3.54. The van der Waals surface area contributed by atoms with Crippen LogP contribution < -0.4 is 5.32 Å². The van der Waals surface area contributed by atoms with E-state index in [-0.39, 0.29) is 30.9 Å². The minimum absolute atomic E-state index is 0.0855. The molecule has 9 nitrogen and oxygen atoms in total. The van der Waals surface area contributed by atoms with E-state index in [9.17, 15) is 19.2 Å². The predicted octanol–water partition coefficient (Wildman–Crippen LogP) is 3.72. The molecule has 1 aromatic carbocycles. The third-order valence-electron chi connectivity index (χ3n) is 7.05. The van der Waals surface area contributed by atoms with Crippen molar-refractivity contribution in [1.82, 2.24) is 15.1 Å². The summed E-state index contributed by atoms with van der Waals surface area (Å²) in [6, 6.07) is 6.92. The molecule has 0 aromatic heterocycles. The second-order valence-electron chi connectivity index (χ2n) is 11.2. The highest BCUT2D eigenvalue weighted by molar-refractivity contribution is 5.94. The molecule has 3 rings (SSSR count). The molecular formula is C30H41N3O6. The number of likely N-dealkylation sites (tertiary alicyclic amines) is 2. The van der Waals surface area contributed by atoms with Crippen LogP contribution in [0, 0.1) is 18.3 Å². The van der Waals surface area contributed by atoms with Gasteiger partial charge in [0.05, 0.1) is 18.9 Å². The summed E-state index contributed by atoms with van der Waals surface area (Å²) in [5.41, 5.74) is 1.21. The van der Waals surface area contributed by atoms with Crippen molar-refractivity contribution >= 4 is 23.9 Å². The Morgan fingerprint density at radius 1 is 1.05 bits per heavy atom. The van der Waals surface area contributed by atoms with E-state index in [0.29, 0.717) is 50.5 Å². The van der Waals surface area contributed by atoms with Gasteiger partial charge >= 0.3 is 12.1 Å². The lowest BCUT2D eigenvalue weighted by molar-refractivity contribution is -0.143. The third-order valence-corrected chi connectivity index (χ3v) is 7.05. The molecule has 0 radical (unpaired) electrons. The van der Waals surface area contributed by atoms with Crippen LogP contribution in [0.5, 0.6) is 0 Å². The number of benzene rings is 1. The quantitative estimate of drug-likeness (QED) is 0.418. The number of carbonyl (C=O) groups excluding carboxylic acids is 4. The number of amides is 3. The number of ether oxygens (including phenoxy) is 2. The molecule has 2 saturated heterocycles. The van der Waals surface area contributed by atoms with Crippen molar-refractivity contribution < 1.29 is 28.7 Å². The minimum Gasteiger partial charge on any atom is -0.466 e. The van der Waals surface area contributed by atoms with Crippen molar-refractivity contribution in [3.05, 3.63) is 35.4 Å². The average molecular weight is 540 g/mol. The Bertz CT molecular complexity index is 1060. The maximum atomic E-state index is 13.2. The van der Waals surface area contributed by atoms with Crippen molar-refractivity contribution in [3.8, 4) is 12.3 Å². The van der Waals surface area contributed by atoms with Crippen molar-refractivity contribution in [2.45, 2.75) is 77.4 Å². The van der Waals surface area contributed by atoms with Gasteiger partial charge in [0, 0.05) is 31.7 Å². The summed E-state index contributed by atoms with van der Waals surface area (Å²) in [5, 5.41) is 2.74. The molecule has 0 spiro atoms. The number of hydrogen-bond acceptors (Lipinski definition) is 6. The molecule has 0 aliphatic carbocycles. The molecule has 2 fully saturated rings. The lowest BCUT2D eigenvalue weighted by Gasteiger charge is -2.34. The minimum atomic E-state index is -0.744. The van der Waals surface area contributed by atoms with E-state index >= 15 is 0 Å². The molecule has 2 atom stereocenters. The number of esters is 1. The number of carbonyl (C=O) groups is 4. The van der Waals surface area contributed by atoms with E-state index in [1.807, 2.05) is 45.0 Å². The molecular weight excluding hydrogens is 498 g/mol. The zero-order valence-electron chi connectivity index (χ0n) is 23.5. The summed E-state index contributed by atoms with van der Waals surface area (Å²) >= 11 is 0. The third kappa shape index (κ3) is 8.74. The number of rotatable bonds is 7. The average Bonchev–Trinajstić information content (AvgIpc) is 2.91. The van der Waals surface area contributed by atoms with Gasteiger partial charge in [-0.2, -0.15) is 0 Å². The fourth-order valence-corrected chi connectivity index (χ4v) is 5.01. The Balaban J connectivity index is 1.52. The molecule has 0 unspecified atom stereocenters. The van der Waals surface area contributed by atoms with Gasteiger partial charge in [-0.25, -0.2) is 4.79 Å². The van der Waals surface area contributed by atoms with Crippen LogP contribution in [-0.4, -0.2) is 78.1 Å². The Labute approximate surface area is 231 Å². The number of nitrogens with one attached hydrogen (secondary N) is 1. The van der Waals surface area contributed by atoms with Crippen molar-refractivity contribution in [2.24, 2.45) is 5.92 Å². The molecule has 1 N–H and O–H groups in total. The van der Waals surface area contributed by atoms with Crippen LogP contribution in [0.15, 0.2) is 24.3 Å². The summed E-state index contributed by atoms with van der Waals surface area (Å²) in [6.07, 6.45) is 8.16. The fraction of sp³-hybridized carbons (Fsp3) is 0.600. The maximum Gasteiger partial charge on any atom is 0.410 e. The summed E-state index contributed by atoms with van der Waals surface area (Å²) in [7, 11) is 0. The number of terminal acetylenes is 1. The second-order valence-corrected chi connectivity index (χ2v) is 11.2. The molecule has 0 saturated carbocycles. The van der Waals surface area contributed by atoms with Gasteiger partial charge in [0.15, 0.2) is 0 Å². The zero-order chi connectivity index (χ0) is 28.6. The first-order valence-corrected chi connectivity index (χ1v) is 13.8. The zero-order valence-corrected chi connectivity index (χ0v) is 23.5. The predicted molar refractivity (Wildman–Crippen MR) is 147 cm³/mol. The monoisotopic (exact) mass is 539 g/mol. The highest BCUT2D eigenvalue weighted by Gasteiger charge is 2.31. The van der Waals surface area contributed by atoms with Crippen LogP contribution in [0.3, 0.4) is 0 Å². The van der Waals surface area contributed by atoms with E-state index in [1.165, 1.54) is 0 Å². The first kappa shape index (κ1) is 30.0. The largest absolute Gasteiger partial charge is 0.466 e. The number of hydrogen-bond donors (Lipinski definition) is 1. The van der Waals surface area contributed by atoms with Gasteiger partial charge < -0.3 is 24.6 Å². The fourth-order valence-electron chi connectivity index (χ4n) is 5.01. The summed E-state index contributed by atoms with van der Waals surface area (Å²) < 4.78 is 10.4. The first-order chi connectivity index (χ1) is 18.5. The Kier molecular flexibility index (Phi) is 10.4. The lowest BCUT2D eigenvalue weighted by atomic mass is 9.89. The van der Waals surface area contributed by atoms with Gasteiger partial charge in [0.1, 0.15) is 11.6 Å². The van der Waals surface area contributed by atoms with Crippen LogP contribution >= 0.6 is 0 Å². The van der Waals surface area contributed by atoms with Gasteiger partial charge in [-0.1, -0.05) is 18.1 Å². The highest BCUT2D eigenvalue weighted by atomic mass is 16.6. The second kappa shape index (κ2) is 13.5. The number of piperidine rings is 2. The molecule has 2 heterocycles. The normalized spacial score (nSPS) is 19.0. The molecule has 0 bridgehead atoms. The molecule has 212 valence electrons. The summed E-state index contributed by atoms with van der Waals surface area (Å²) in [6.45, 7) is 9.70. The maximum absolute atomic E-state index is 13.2. The van der Waals surface area contributed by atoms with Crippen molar-refractivity contribution in [2.75, 3.05) is 32.8 Å². The Morgan fingerprint density at radius 3 is 2.31 bits per heavy atom. The van der Waals surface area contributed by atoms with Crippen molar-refractivity contribution in [1.29, 1.82) is 0 Å². The smallest absolute Gasteiger partial charge is 0.410 e. The molecule has 39 heavy (non-hydrogen) atoms. The SMILES string of the molecule is C#C[C@H](CC(=O)OCC)NC(=O)[C@@H]1CCCN(C(=O)c2ccc(C3CCN(C(=O)OC(C)(C)C)CC3)cc2)C1. The highest BCUT2D eigenvalue weighted by Crippen LogP contribution is 2.29. The Morgan fingerprint density at radius 2 is 1.72 bits per heavy atom. The van der Waals surface area contributed by atoms with Crippen LogP contribution in [0.1, 0.15) is 81.6 Å². The molecule has 1 aromatic rings.